The minimum Gasteiger partial charge on any atom is -0.342 e. The van der Waals surface area contributed by atoms with Crippen LogP contribution in [0.25, 0.3) is 5.82 Å². The fraction of sp³-hybridized carbons (Fsp3) is 0.500. The first-order valence-electron chi connectivity index (χ1n) is 8.95. The molecule has 4 heterocycles. The van der Waals surface area contributed by atoms with Gasteiger partial charge in [0.1, 0.15) is 12.1 Å². The molecule has 7 nitrogen and oxygen atoms in total. The van der Waals surface area contributed by atoms with E-state index in [2.05, 4.69) is 28.8 Å². The molecule has 2 N–H and O–H groups in total. The number of nitrogens with one attached hydrogen (secondary N) is 2. The number of hydrazine groups is 1. The lowest BCUT2D eigenvalue weighted by atomic mass is 9.92. The highest BCUT2D eigenvalue weighted by atomic mass is 16.2. The molecule has 0 aliphatic carbocycles. The van der Waals surface area contributed by atoms with Crippen LogP contribution >= 0.6 is 0 Å². The Morgan fingerprint density at radius 3 is 3.04 bits per heavy atom. The smallest absolute Gasteiger partial charge is 0.228 e. The molecule has 7 heteroatoms. The maximum Gasteiger partial charge on any atom is 0.228 e. The molecule has 0 bridgehead atoms. The van der Waals surface area contributed by atoms with Crippen LogP contribution in [0.15, 0.2) is 36.9 Å². The van der Waals surface area contributed by atoms with Gasteiger partial charge in [0.15, 0.2) is 0 Å². The first-order valence-corrected chi connectivity index (χ1v) is 8.95. The van der Waals surface area contributed by atoms with Crippen molar-refractivity contribution in [1.29, 1.82) is 0 Å². The van der Waals surface area contributed by atoms with Crippen molar-refractivity contribution in [2.24, 2.45) is 5.92 Å². The van der Waals surface area contributed by atoms with Gasteiger partial charge < -0.3 is 4.90 Å². The number of hydrogen-bond acceptors (Lipinski definition) is 5. The summed E-state index contributed by atoms with van der Waals surface area (Å²) in [6.07, 6.45) is 7.49. The topological polar surface area (TPSA) is 75.1 Å². The average Bonchev–Trinajstić information content (AvgIpc) is 3.33. The predicted molar refractivity (Wildman–Crippen MR) is 94.0 cm³/mol. The molecule has 2 aromatic rings. The number of aromatic nitrogens is 3. The Morgan fingerprint density at radius 2 is 2.28 bits per heavy atom. The Balaban J connectivity index is 1.50. The second-order valence-electron chi connectivity index (χ2n) is 6.93. The van der Waals surface area contributed by atoms with Crippen LogP contribution in [0.4, 0.5) is 0 Å². The summed E-state index contributed by atoms with van der Waals surface area (Å²) in [5.41, 5.74) is 7.28. The summed E-state index contributed by atoms with van der Waals surface area (Å²) in [5, 5.41) is 0. The SMILES string of the molecule is CC1NNCC1C(=O)N1CCCC(c2cccc(-n3ccnc3)n2)C1. The molecule has 1 amide bonds. The molecular weight excluding hydrogens is 316 g/mol. The molecule has 2 aliphatic rings. The van der Waals surface area contributed by atoms with Crippen LogP contribution in [0.5, 0.6) is 0 Å². The number of nitrogens with zero attached hydrogens (tertiary/aromatic N) is 4. The van der Waals surface area contributed by atoms with Crippen molar-refractivity contribution < 1.29 is 4.79 Å². The summed E-state index contributed by atoms with van der Waals surface area (Å²) >= 11 is 0. The number of carbonyl (C=O) groups is 1. The van der Waals surface area contributed by atoms with Crippen LogP contribution in [-0.4, -0.2) is 51.0 Å². The number of rotatable bonds is 3. The van der Waals surface area contributed by atoms with Gasteiger partial charge in [0, 0.05) is 49.7 Å². The minimum absolute atomic E-state index is 0.0176. The number of pyridine rings is 1. The maximum absolute atomic E-state index is 12.9. The van der Waals surface area contributed by atoms with Gasteiger partial charge in [0.2, 0.25) is 5.91 Å². The van der Waals surface area contributed by atoms with E-state index in [9.17, 15) is 4.79 Å². The van der Waals surface area contributed by atoms with Gasteiger partial charge in [0.25, 0.3) is 0 Å². The zero-order chi connectivity index (χ0) is 17.2. The number of carbonyl (C=O) groups excluding carboxylic acids is 1. The second-order valence-corrected chi connectivity index (χ2v) is 6.93. The van der Waals surface area contributed by atoms with Crippen LogP contribution in [0.3, 0.4) is 0 Å². The van der Waals surface area contributed by atoms with Gasteiger partial charge in [-0.25, -0.2) is 9.97 Å². The van der Waals surface area contributed by atoms with Crippen molar-refractivity contribution in [2.45, 2.75) is 31.7 Å². The fourth-order valence-electron chi connectivity index (χ4n) is 3.77. The van der Waals surface area contributed by atoms with Crippen LogP contribution in [0.1, 0.15) is 31.4 Å². The number of hydrogen-bond donors (Lipinski definition) is 2. The highest BCUT2D eigenvalue weighted by molar-refractivity contribution is 5.80. The molecule has 4 rings (SSSR count). The molecule has 25 heavy (non-hydrogen) atoms. The van der Waals surface area contributed by atoms with E-state index in [0.717, 1.165) is 37.4 Å². The number of imidazole rings is 1. The molecule has 2 aromatic heterocycles. The average molecular weight is 340 g/mol. The Kier molecular flexibility index (Phi) is 4.50. The highest BCUT2D eigenvalue weighted by Crippen LogP contribution is 2.27. The van der Waals surface area contributed by atoms with Gasteiger partial charge in [-0.3, -0.25) is 20.2 Å². The maximum atomic E-state index is 12.9. The van der Waals surface area contributed by atoms with Crippen LogP contribution in [0, 0.1) is 5.92 Å². The van der Waals surface area contributed by atoms with E-state index in [1.165, 1.54) is 0 Å². The van der Waals surface area contributed by atoms with Gasteiger partial charge >= 0.3 is 0 Å². The third-order valence-electron chi connectivity index (χ3n) is 5.25. The van der Waals surface area contributed by atoms with Crippen LogP contribution in [-0.2, 0) is 4.79 Å². The minimum atomic E-state index is 0.0176. The van der Waals surface area contributed by atoms with E-state index < -0.39 is 0 Å². The standard InChI is InChI=1S/C18H24N6O/c1-13-15(10-20-22-13)18(25)23-8-3-4-14(11-23)16-5-2-6-17(21-16)24-9-7-19-12-24/h2,5-7,9,12-15,20,22H,3-4,8,10-11H2,1H3. The first kappa shape index (κ1) is 16.2. The van der Waals surface area contributed by atoms with E-state index in [0.29, 0.717) is 12.5 Å². The van der Waals surface area contributed by atoms with Crippen molar-refractivity contribution in [2.75, 3.05) is 19.6 Å². The number of piperidine rings is 1. The van der Waals surface area contributed by atoms with E-state index in [1.807, 2.05) is 27.8 Å². The molecular formula is C18H24N6O. The van der Waals surface area contributed by atoms with Crippen molar-refractivity contribution in [3.63, 3.8) is 0 Å². The van der Waals surface area contributed by atoms with Gasteiger partial charge in [-0.15, -0.1) is 0 Å². The first-order chi connectivity index (χ1) is 12.2. The van der Waals surface area contributed by atoms with Crippen molar-refractivity contribution in [3.05, 3.63) is 42.6 Å². The van der Waals surface area contributed by atoms with Crippen molar-refractivity contribution >= 4 is 5.91 Å². The van der Waals surface area contributed by atoms with E-state index in [4.69, 9.17) is 4.98 Å². The Hall–Kier alpha value is -2.25. The second kappa shape index (κ2) is 6.93. The lowest BCUT2D eigenvalue weighted by molar-refractivity contribution is -0.136. The molecule has 2 aliphatic heterocycles. The lowest BCUT2D eigenvalue weighted by Gasteiger charge is -2.34. The zero-order valence-electron chi connectivity index (χ0n) is 14.4. The van der Waals surface area contributed by atoms with Gasteiger partial charge in [-0.1, -0.05) is 6.07 Å². The number of amides is 1. The van der Waals surface area contributed by atoms with Crippen molar-refractivity contribution in [3.8, 4) is 5.82 Å². The Bertz CT molecular complexity index is 731. The summed E-state index contributed by atoms with van der Waals surface area (Å²) in [7, 11) is 0. The van der Waals surface area contributed by atoms with Crippen LogP contribution in [0.2, 0.25) is 0 Å². The molecule has 0 spiro atoms. The van der Waals surface area contributed by atoms with Crippen molar-refractivity contribution in [1.82, 2.24) is 30.3 Å². The van der Waals surface area contributed by atoms with E-state index in [1.54, 1.807) is 12.5 Å². The normalized spacial score (nSPS) is 26.8. The summed E-state index contributed by atoms with van der Waals surface area (Å²) in [6.45, 7) is 4.36. The quantitative estimate of drug-likeness (QED) is 0.875. The molecule has 2 fully saturated rings. The van der Waals surface area contributed by atoms with E-state index in [-0.39, 0.29) is 17.9 Å². The summed E-state index contributed by atoms with van der Waals surface area (Å²) < 4.78 is 1.91. The summed E-state index contributed by atoms with van der Waals surface area (Å²) in [6, 6.07) is 6.26. The van der Waals surface area contributed by atoms with Gasteiger partial charge in [-0.2, -0.15) is 0 Å². The lowest BCUT2D eigenvalue weighted by Crippen LogP contribution is -2.45. The molecule has 3 atom stereocenters. The third-order valence-corrected chi connectivity index (χ3v) is 5.25. The monoisotopic (exact) mass is 340 g/mol. The van der Waals surface area contributed by atoms with Gasteiger partial charge in [0.05, 0.1) is 5.92 Å². The highest BCUT2D eigenvalue weighted by Gasteiger charge is 2.35. The molecule has 3 unspecified atom stereocenters. The summed E-state index contributed by atoms with van der Waals surface area (Å²) in [5.74, 6) is 1.43. The molecule has 0 saturated carbocycles. The summed E-state index contributed by atoms with van der Waals surface area (Å²) in [4.78, 5) is 23.8. The third kappa shape index (κ3) is 3.29. The van der Waals surface area contributed by atoms with Crippen LogP contribution < -0.4 is 10.9 Å². The molecule has 132 valence electrons. The molecule has 2 saturated heterocycles. The van der Waals surface area contributed by atoms with Gasteiger partial charge in [-0.05, 0) is 31.9 Å². The van der Waals surface area contributed by atoms with E-state index >= 15 is 0 Å². The fourth-order valence-corrected chi connectivity index (χ4v) is 3.77. The number of likely N-dealkylation sites (tertiary alicyclic amines) is 1. The molecule has 0 radical (unpaired) electrons. The Labute approximate surface area is 147 Å². The zero-order valence-corrected chi connectivity index (χ0v) is 14.4. The largest absolute Gasteiger partial charge is 0.342 e. The Morgan fingerprint density at radius 1 is 1.36 bits per heavy atom. The molecule has 0 aromatic carbocycles. The predicted octanol–water partition coefficient (Wildman–Crippen LogP) is 1.09.